The lowest BCUT2D eigenvalue weighted by Crippen LogP contribution is -2.24. The summed E-state index contributed by atoms with van der Waals surface area (Å²) in [6.07, 6.45) is -2.56. The van der Waals surface area contributed by atoms with E-state index in [-0.39, 0.29) is 23.3 Å². The number of hydrogen-bond acceptors (Lipinski definition) is 2. The van der Waals surface area contributed by atoms with Crippen molar-refractivity contribution in [1.82, 2.24) is 5.32 Å². The van der Waals surface area contributed by atoms with Gasteiger partial charge in [-0.25, -0.2) is 0 Å². The molecule has 0 spiro atoms. The molecule has 2 aromatic carbocycles. The molecule has 0 heterocycles. The van der Waals surface area contributed by atoms with Gasteiger partial charge < -0.3 is 10.1 Å². The largest absolute Gasteiger partial charge is 0.487 e. The molecule has 0 saturated heterocycles. The molecule has 0 aliphatic carbocycles. The van der Waals surface area contributed by atoms with Crippen LogP contribution in [-0.4, -0.2) is 12.5 Å². The third-order valence-corrected chi connectivity index (χ3v) is 3.95. The number of halogens is 4. The van der Waals surface area contributed by atoms with Crippen LogP contribution in [0.5, 0.6) is 5.75 Å². The van der Waals surface area contributed by atoms with Gasteiger partial charge in [0.2, 0.25) is 0 Å². The molecular formula is C19H19ClF3NO2. The number of unbranched alkanes of at least 4 members (excludes halogenated alkanes) is 1. The summed E-state index contributed by atoms with van der Waals surface area (Å²) in [7, 11) is 0. The summed E-state index contributed by atoms with van der Waals surface area (Å²) < 4.78 is 43.4. The molecule has 0 aromatic heterocycles. The molecule has 26 heavy (non-hydrogen) atoms. The molecule has 0 aliphatic rings. The molecule has 0 fully saturated rings. The Labute approximate surface area is 155 Å². The number of rotatable bonds is 7. The SMILES string of the molecule is CCCCNC(=O)c1cccc(COc2ccc(C(F)(F)F)cc2Cl)c1. The molecular weight excluding hydrogens is 367 g/mol. The summed E-state index contributed by atoms with van der Waals surface area (Å²) in [5, 5.41) is 2.71. The first kappa shape index (κ1) is 20.1. The number of nitrogens with one attached hydrogen (secondary N) is 1. The average Bonchev–Trinajstić information content (AvgIpc) is 2.60. The first-order valence-electron chi connectivity index (χ1n) is 8.18. The Morgan fingerprint density at radius 1 is 1.19 bits per heavy atom. The minimum Gasteiger partial charge on any atom is -0.487 e. The Kier molecular flexibility index (Phi) is 6.91. The van der Waals surface area contributed by atoms with Gasteiger partial charge in [0, 0.05) is 12.1 Å². The predicted octanol–water partition coefficient (Wildman–Crippen LogP) is 5.47. The van der Waals surface area contributed by atoms with Crippen molar-refractivity contribution in [3.63, 3.8) is 0 Å². The second-order valence-corrected chi connectivity index (χ2v) is 6.15. The fraction of sp³-hybridized carbons (Fsp3) is 0.316. The van der Waals surface area contributed by atoms with E-state index >= 15 is 0 Å². The summed E-state index contributed by atoms with van der Waals surface area (Å²) >= 11 is 5.87. The van der Waals surface area contributed by atoms with Gasteiger partial charge in [-0.05, 0) is 42.3 Å². The minimum atomic E-state index is -4.46. The van der Waals surface area contributed by atoms with Crippen LogP contribution >= 0.6 is 11.6 Å². The summed E-state index contributed by atoms with van der Waals surface area (Å²) in [6, 6.07) is 9.79. The number of alkyl halides is 3. The molecule has 140 valence electrons. The van der Waals surface area contributed by atoms with Gasteiger partial charge in [0.05, 0.1) is 10.6 Å². The highest BCUT2D eigenvalue weighted by molar-refractivity contribution is 6.32. The fourth-order valence-corrected chi connectivity index (χ4v) is 2.47. The van der Waals surface area contributed by atoms with E-state index in [4.69, 9.17) is 16.3 Å². The van der Waals surface area contributed by atoms with Crippen LogP contribution in [0.3, 0.4) is 0 Å². The number of benzene rings is 2. The minimum absolute atomic E-state index is 0.0845. The Morgan fingerprint density at radius 3 is 2.62 bits per heavy atom. The molecule has 0 aliphatic heterocycles. The molecule has 0 saturated carbocycles. The molecule has 7 heteroatoms. The molecule has 0 radical (unpaired) electrons. The van der Waals surface area contributed by atoms with Crippen LogP contribution in [0, 0.1) is 0 Å². The van der Waals surface area contributed by atoms with Crippen LogP contribution in [0.1, 0.15) is 41.3 Å². The molecule has 2 aromatic rings. The lowest BCUT2D eigenvalue weighted by molar-refractivity contribution is -0.137. The Balaban J connectivity index is 2.01. The van der Waals surface area contributed by atoms with Crippen LogP contribution in [0.2, 0.25) is 5.02 Å². The van der Waals surface area contributed by atoms with Crippen LogP contribution in [0.15, 0.2) is 42.5 Å². The smallest absolute Gasteiger partial charge is 0.416 e. The van der Waals surface area contributed by atoms with Crippen molar-refractivity contribution in [3.8, 4) is 5.75 Å². The van der Waals surface area contributed by atoms with Crippen LogP contribution in [0.25, 0.3) is 0 Å². The van der Waals surface area contributed by atoms with E-state index in [2.05, 4.69) is 5.32 Å². The van der Waals surface area contributed by atoms with Crippen molar-refractivity contribution in [1.29, 1.82) is 0 Å². The zero-order valence-corrected chi connectivity index (χ0v) is 15.0. The van der Waals surface area contributed by atoms with Gasteiger partial charge in [0.1, 0.15) is 12.4 Å². The number of ether oxygens (including phenoxy) is 1. The van der Waals surface area contributed by atoms with Crippen molar-refractivity contribution >= 4 is 17.5 Å². The van der Waals surface area contributed by atoms with Gasteiger partial charge in [0.25, 0.3) is 5.91 Å². The van der Waals surface area contributed by atoms with E-state index in [1.807, 2.05) is 6.92 Å². The van der Waals surface area contributed by atoms with Crippen LogP contribution in [-0.2, 0) is 12.8 Å². The zero-order chi connectivity index (χ0) is 19.2. The van der Waals surface area contributed by atoms with E-state index < -0.39 is 11.7 Å². The average molecular weight is 386 g/mol. The van der Waals surface area contributed by atoms with E-state index in [0.29, 0.717) is 17.7 Å². The lowest BCUT2D eigenvalue weighted by atomic mass is 10.1. The maximum absolute atomic E-state index is 12.6. The Morgan fingerprint density at radius 2 is 1.96 bits per heavy atom. The second-order valence-electron chi connectivity index (χ2n) is 5.74. The van der Waals surface area contributed by atoms with Gasteiger partial charge in [-0.15, -0.1) is 0 Å². The highest BCUT2D eigenvalue weighted by Crippen LogP contribution is 2.34. The van der Waals surface area contributed by atoms with Gasteiger partial charge in [-0.2, -0.15) is 13.2 Å². The van der Waals surface area contributed by atoms with Gasteiger partial charge in [-0.3, -0.25) is 4.79 Å². The summed E-state index contributed by atoms with van der Waals surface area (Å²) in [5.74, 6) is -0.0228. The standard InChI is InChI=1S/C19H19ClF3NO2/c1-2-3-9-24-18(25)14-6-4-5-13(10-14)12-26-17-8-7-15(11-16(17)20)19(21,22)23/h4-8,10-11H,2-3,9,12H2,1H3,(H,24,25). The number of carbonyl (C=O) groups is 1. The van der Waals surface area contributed by atoms with Crippen molar-refractivity contribution in [2.75, 3.05) is 6.54 Å². The maximum Gasteiger partial charge on any atom is 0.416 e. The van der Waals surface area contributed by atoms with Gasteiger partial charge in [0.15, 0.2) is 0 Å². The summed E-state index contributed by atoms with van der Waals surface area (Å²) in [6.45, 7) is 2.73. The maximum atomic E-state index is 12.6. The molecule has 0 bridgehead atoms. The first-order chi connectivity index (χ1) is 12.3. The highest BCUT2D eigenvalue weighted by Gasteiger charge is 2.31. The van der Waals surface area contributed by atoms with Gasteiger partial charge >= 0.3 is 6.18 Å². The van der Waals surface area contributed by atoms with Crippen LogP contribution < -0.4 is 10.1 Å². The second kappa shape index (κ2) is 8.94. The quantitative estimate of drug-likeness (QED) is 0.642. The predicted molar refractivity (Wildman–Crippen MR) is 94.5 cm³/mol. The molecule has 0 unspecified atom stereocenters. The lowest BCUT2D eigenvalue weighted by Gasteiger charge is -2.12. The first-order valence-corrected chi connectivity index (χ1v) is 8.55. The molecule has 3 nitrogen and oxygen atoms in total. The number of amides is 1. The van der Waals surface area contributed by atoms with Crippen molar-refractivity contribution in [2.45, 2.75) is 32.5 Å². The van der Waals surface area contributed by atoms with E-state index in [1.54, 1.807) is 24.3 Å². The Bertz CT molecular complexity index is 763. The monoisotopic (exact) mass is 385 g/mol. The summed E-state index contributed by atoms with van der Waals surface area (Å²) in [5.41, 5.74) is 0.380. The van der Waals surface area contributed by atoms with Crippen molar-refractivity contribution < 1.29 is 22.7 Å². The van der Waals surface area contributed by atoms with E-state index in [1.165, 1.54) is 6.07 Å². The summed E-state index contributed by atoms with van der Waals surface area (Å²) in [4.78, 5) is 12.1. The topological polar surface area (TPSA) is 38.3 Å². The molecule has 0 atom stereocenters. The number of hydrogen-bond donors (Lipinski definition) is 1. The fourth-order valence-electron chi connectivity index (χ4n) is 2.24. The third kappa shape index (κ3) is 5.66. The van der Waals surface area contributed by atoms with E-state index in [0.717, 1.165) is 25.0 Å². The Hall–Kier alpha value is -2.21. The van der Waals surface area contributed by atoms with Crippen molar-refractivity contribution in [2.24, 2.45) is 0 Å². The molecule has 1 amide bonds. The zero-order valence-electron chi connectivity index (χ0n) is 14.2. The van der Waals surface area contributed by atoms with Crippen LogP contribution in [0.4, 0.5) is 13.2 Å². The third-order valence-electron chi connectivity index (χ3n) is 3.66. The van der Waals surface area contributed by atoms with Gasteiger partial charge in [-0.1, -0.05) is 37.1 Å². The molecule has 1 N–H and O–H groups in total. The normalized spacial score (nSPS) is 11.3. The number of carbonyl (C=O) groups excluding carboxylic acids is 1. The van der Waals surface area contributed by atoms with E-state index in [9.17, 15) is 18.0 Å². The molecule has 2 rings (SSSR count). The van der Waals surface area contributed by atoms with Crippen molar-refractivity contribution in [3.05, 3.63) is 64.2 Å². The highest BCUT2D eigenvalue weighted by atomic mass is 35.5.